The maximum absolute atomic E-state index is 11.9. The van der Waals surface area contributed by atoms with Gasteiger partial charge in [-0.2, -0.15) is 5.10 Å². The molecule has 2 rings (SSSR count). The third-order valence-electron chi connectivity index (χ3n) is 2.70. The molecule has 0 bridgehead atoms. The number of hydrogen-bond acceptors (Lipinski definition) is 4. The number of benzene rings is 2. The first-order valence-corrected chi connectivity index (χ1v) is 6.61. The molecule has 5 heteroatoms. The molecule has 3 N–H and O–H groups in total. The molecule has 0 saturated carbocycles. The summed E-state index contributed by atoms with van der Waals surface area (Å²) in [4.78, 5) is 11.9. The molecule has 0 unspecified atom stereocenters. The van der Waals surface area contributed by atoms with Gasteiger partial charge in [0, 0.05) is 11.3 Å². The Morgan fingerprint density at radius 1 is 1.29 bits per heavy atom. The maximum atomic E-state index is 11.9. The van der Waals surface area contributed by atoms with Crippen molar-refractivity contribution in [2.75, 3.05) is 12.3 Å². The smallest absolute Gasteiger partial charge is 0.271 e. The number of nitrogen functional groups attached to an aromatic ring is 1. The average Bonchev–Trinajstić information content (AvgIpc) is 2.48. The molecule has 0 radical (unpaired) electrons. The first-order chi connectivity index (χ1) is 10.2. The van der Waals surface area contributed by atoms with Crippen LogP contribution < -0.4 is 15.9 Å². The lowest BCUT2D eigenvalue weighted by molar-refractivity contribution is 0.0955. The summed E-state index contributed by atoms with van der Waals surface area (Å²) in [5.41, 5.74) is 9.94. The topological polar surface area (TPSA) is 76.7 Å². The molecule has 1 amide bonds. The van der Waals surface area contributed by atoms with Gasteiger partial charge in [-0.15, -0.1) is 0 Å². The van der Waals surface area contributed by atoms with Gasteiger partial charge in [0.15, 0.2) is 0 Å². The number of carbonyl (C=O) groups is 1. The van der Waals surface area contributed by atoms with E-state index >= 15 is 0 Å². The van der Waals surface area contributed by atoms with Crippen molar-refractivity contribution >= 4 is 17.8 Å². The van der Waals surface area contributed by atoms with Gasteiger partial charge in [-0.25, -0.2) is 5.43 Å². The number of nitrogens with one attached hydrogen (secondary N) is 1. The van der Waals surface area contributed by atoms with E-state index < -0.39 is 0 Å². The zero-order valence-corrected chi connectivity index (χ0v) is 11.7. The maximum Gasteiger partial charge on any atom is 0.271 e. The van der Waals surface area contributed by atoms with E-state index in [2.05, 4.69) is 10.5 Å². The highest BCUT2D eigenvalue weighted by molar-refractivity contribution is 5.95. The Bertz CT molecular complexity index is 653. The van der Waals surface area contributed by atoms with Crippen molar-refractivity contribution in [3.63, 3.8) is 0 Å². The zero-order chi connectivity index (χ0) is 15.1. The lowest BCUT2D eigenvalue weighted by atomic mass is 10.2. The van der Waals surface area contributed by atoms with Gasteiger partial charge in [0.1, 0.15) is 5.75 Å². The predicted octanol–water partition coefficient (Wildman–Crippen LogP) is 2.43. The van der Waals surface area contributed by atoms with E-state index in [4.69, 9.17) is 10.5 Å². The van der Waals surface area contributed by atoms with Crippen LogP contribution in [0.2, 0.25) is 0 Å². The third kappa shape index (κ3) is 4.35. The molecule has 2 aromatic carbocycles. The minimum atomic E-state index is -0.306. The predicted molar refractivity (Wildman–Crippen MR) is 83.5 cm³/mol. The highest BCUT2D eigenvalue weighted by Gasteiger charge is 2.03. The van der Waals surface area contributed by atoms with Crippen molar-refractivity contribution in [3.05, 3.63) is 59.7 Å². The highest BCUT2D eigenvalue weighted by Crippen LogP contribution is 2.11. The second-order valence-electron chi connectivity index (χ2n) is 4.33. The van der Waals surface area contributed by atoms with Crippen LogP contribution >= 0.6 is 0 Å². The molecule has 108 valence electrons. The fourth-order valence-electron chi connectivity index (χ4n) is 1.76. The average molecular weight is 283 g/mol. The minimum Gasteiger partial charge on any atom is -0.494 e. The SMILES string of the molecule is CCOc1cccc(/C=N\NC(=O)c2cccc(N)c2)c1. The molecule has 0 aliphatic rings. The number of nitrogens with zero attached hydrogens (tertiary/aromatic N) is 1. The van der Waals surface area contributed by atoms with Crippen molar-refractivity contribution in [2.24, 2.45) is 5.10 Å². The molecule has 0 atom stereocenters. The van der Waals surface area contributed by atoms with Gasteiger partial charge in [-0.1, -0.05) is 18.2 Å². The summed E-state index contributed by atoms with van der Waals surface area (Å²) in [5.74, 6) is 0.461. The summed E-state index contributed by atoms with van der Waals surface area (Å²) < 4.78 is 5.39. The van der Waals surface area contributed by atoms with Crippen LogP contribution in [0, 0.1) is 0 Å². The summed E-state index contributed by atoms with van der Waals surface area (Å²) in [6.45, 7) is 2.53. The van der Waals surface area contributed by atoms with Crippen LogP contribution in [0.5, 0.6) is 5.75 Å². The molecule has 2 aromatic rings. The van der Waals surface area contributed by atoms with Crippen molar-refractivity contribution in [1.82, 2.24) is 5.43 Å². The second-order valence-corrected chi connectivity index (χ2v) is 4.33. The summed E-state index contributed by atoms with van der Waals surface area (Å²) in [7, 11) is 0. The first kappa shape index (κ1) is 14.6. The largest absolute Gasteiger partial charge is 0.494 e. The molecule has 0 aromatic heterocycles. The Labute approximate surface area is 123 Å². The number of hydrogen-bond donors (Lipinski definition) is 2. The van der Waals surface area contributed by atoms with Crippen LogP contribution in [-0.2, 0) is 0 Å². The molecule has 0 saturated heterocycles. The molecule has 0 aliphatic carbocycles. The number of amides is 1. The number of rotatable bonds is 5. The van der Waals surface area contributed by atoms with Gasteiger partial charge in [0.05, 0.1) is 12.8 Å². The van der Waals surface area contributed by atoms with Crippen LogP contribution in [0.25, 0.3) is 0 Å². The molecular weight excluding hydrogens is 266 g/mol. The normalized spacial score (nSPS) is 10.5. The molecular formula is C16H17N3O2. The minimum absolute atomic E-state index is 0.306. The van der Waals surface area contributed by atoms with Crippen LogP contribution in [0.4, 0.5) is 5.69 Å². The first-order valence-electron chi connectivity index (χ1n) is 6.61. The third-order valence-corrected chi connectivity index (χ3v) is 2.70. The van der Waals surface area contributed by atoms with Gasteiger partial charge in [0.2, 0.25) is 0 Å². The van der Waals surface area contributed by atoms with Crippen molar-refractivity contribution in [2.45, 2.75) is 6.92 Å². The van der Waals surface area contributed by atoms with Crippen LogP contribution in [0.15, 0.2) is 53.6 Å². The number of anilines is 1. The monoisotopic (exact) mass is 283 g/mol. The summed E-state index contributed by atoms with van der Waals surface area (Å²) in [5, 5.41) is 3.93. The van der Waals surface area contributed by atoms with Gasteiger partial charge in [0.25, 0.3) is 5.91 Å². The van der Waals surface area contributed by atoms with Crippen LogP contribution in [0.3, 0.4) is 0 Å². The quantitative estimate of drug-likeness (QED) is 0.502. The molecule has 0 heterocycles. The summed E-state index contributed by atoms with van der Waals surface area (Å²) in [6.07, 6.45) is 1.56. The zero-order valence-electron chi connectivity index (χ0n) is 11.7. The van der Waals surface area contributed by atoms with E-state index in [1.807, 2.05) is 31.2 Å². The fraction of sp³-hybridized carbons (Fsp3) is 0.125. The van der Waals surface area contributed by atoms with E-state index in [1.54, 1.807) is 30.5 Å². The number of ether oxygens (including phenoxy) is 1. The second kappa shape index (κ2) is 7.09. The summed E-state index contributed by atoms with van der Waals surface area (Å²) in [6, 6.07) is 14.2. The molecule has 0 aliphatic heterocycles. The van der Waals surface area contributed by atoms with Crippen molar-refractivity contribution in [1.29, 1.82) is 0 Å². The van der Waals surface area contributed by atoms with Gasteiger partial charge >= 0.3 is 0 Å². The lowest BCUT2D eigenvalue weighted by Crippen LogP contribution is -2.17. The standard InChI is InChI=1S/C16H17N3O2/c1-2-21-15-8-3-5-12(9-15)11-18-19-16(20)13-6-4-7-14(17)10-13/h3-11H,2,17H2,1H3,(H,19,20)/b18-11-. The van der Waals surface area contributed by atoms with Crippen LogP contribution in [-0.4, -0.2) is 18.7 Å². The highest BCUT2D eigenvalue weighted by atomic mass is 16.5. The van der Waals surface area contributed by atoms with Gasteiger partial charge in [-0.3, -0.25) is 4.79 Å². The van der Waals surface area contributed by atoms with E-state index in [1.165, 1.54) is 0 Å². The van der Waals surface area contributed by atoms with Gasteiger partial charge in [-0.05, 0) is 42.8 Å². The molecule has 21 heavy (non-hydrogen) atoms. The molecule has 0 spiro atoms. The van der Waals surface area contributed by atoms with Crippen LogP contribution in [0.1, 0.15) is 22.8 Å². The fourth-order valence-corrected chi connectivity index (χ4v) is 1.76. The lowest BCUT2D eigenvalue weighted by Gasteiger charge is -2.03. The van der Waals surface area contributed by atoms with Crippen molar-refractivity contribution < 1.29 is 9.53 Å². The van der Waals surface area contributed by atoms with E-state index in [9.17, 15) is 4.79 Å². The Morgan fingerprint density at radius 2 is 2.10 bits per heavy atom. The Morgan fingerprint density at radius 3 is 2.86 bits per heavy atom. The number of carbonyl (C=O) groups excluding carboxylic acids is 1. The summed E-state index contributed by atoms with van der Waals surface area (Å²) >= 11 is 0. The Kier molecular flexibility index (Phi) is 4.93. The number of hydrazone groups is 1. The Balaban J connectivity index is 1.99. The van der Waals surface area contributed by atoms with E-state index in [-0.39, 0.29) is 5.91 Å². The molecule has 0 fully saturated rings. The molecule has 5 nitrogen and oxygen atoms in total. The van der Waals surface area contributed by atoms with E-state index in [0.717, 1.165) is 11.3 Å². The Hall–Kier alpha value is -2.82. The van der Waals surface area contributed by atoms with Crippen molar-refractivity contribution in [3.8, 4) is 5.75 Å². The van der Waals surface area contributed by atoms with Gasteiger partial charge < -0.3 is 10.5 Å². The number of nitrogens with two attached hydrogens (primary N) is 1. The van der Waals surface area contributed by atoms with E-state index in [0.29, 0.717) is 17.9 Å².